The molecular formula is C14H25N3. The molecule has 0 bridgehead atoms. The zero-order valence-electron chi connectivity index (χ0n) is 11.7. The Hall–Kier alpha value is -1.22. The summed E-state index contributed by atoms with van der Waals surface area (Å²) in [7, 11) is 4.21. The van der Waals surface area contributed by atoms with Crippen LogP contribution in [0.15, 0.2) is 18.2 Å². The van der Waals surface area contributed by atoms with Gasteiger partial charge >= 0.3 is 0 Å². The monoisotopic (exact) mass is 235 g/mol. The molecule has 1 atom stereocenters. The normalized spacial score (nSPS) is 12.8. The third-order valence-corrected chi connectivity index (χ3v) is 2.92. The molecule has 0 aliphatic carbocycles. The Morgan fingerprint density at radius 2 is 1.88 bits per heavy atom. The molecule has 0 radical (unpaired) electrons. The number of likely N-dealkylation sites (N-methyl/N-ethyl adjacent to an activating group) is 2. The standard InChI is InChI=1S/C14H25N3/c1-6-17(12(3)10-16(4)5)14-8-11(2)7-13(15)9-14/h7-9,12H,6,10,15H2,1-5H3. The van der Waals surface area contributed by atoms with E-state index < -0.39 is 0 Å². The molecule has 0 amide bonds. The van der Waals surface area contributed by atoms with Crippen molar-refractivity contribution in [3.05, 3.63) is 23.8 Å². The van der Waals surface area contributed by atoms with Gasteiger partial charge in [0, 0.05) is 30.5 Å². The van der Waals surface area contributed by atoms with Crippen LogP contribution in [0.1, 0.15) is 19.4 Å². The number of benzene rings is 1. The smallest absolute Gasteiger partial charge is 0.0392 e. The molecule has 0 aliphatic heterocycles. The summed E-state index contributed by atoms with van der Waals surface area (Å²) in [5.74, 6) is 0. The maximum atomic E-state index is 5.92. The van der Waals surface area contributed by atoms with E-state index in [1.165, 1.54) is 11.3 Å². The highest BCUT2D eigenvalue weighted by atomic mass is 15.2. The number of rotatable bonds is 5. The first kappa shape index (κ1) is 13.8. The van der Waals surface area contributed by atoms with Crippen LogP contribution < -0.4 is 10.6 Å². The zero-order valence-corrected chi connectivity index (χ0v) is 11.7. The molecule has 3 heteroatoms. The van der Waals surface area contributed by atoms with E-state index in [0.29, 0.717) is 6.04 Å². The highest BCUT2D eigenvalue weighted by Crippen LogP contribution is 2.22. The van der Waals surface area contributed by atoms with Crippen LogP contribution in [0.25, 0.3) is 0 Å². The number of aryl methyl sites for hydroxylation is 1. The van der Waals surface area contributed by atoms with Gasteiger partial charge in [-0.2, -0.15) is 0 Å². The minimum atomic E-state index is 0.483. The Balaban J connectivity index is 2.92. The molecule has 1 aromatic rings. The Morgan fingerprint density at radius 3 is 2.35 bits per heavy atom. The van der Waals surface area contributed by atoms with E-state index in [0.717, 1.165) is 18.8 Å². The van der Waals surface area contributed by atoms with Gasteiger partial charge in [0.25, 0.3) is 0 Å². The largest absolute Gasteiger partial charge is 0.399 e. The van der Waals surface area contributed by atoms with Crippen molar-refractivity contribution in [2.75, 3.05) is 37.8 Å². The van der Waals surface area contributed by atoms with Gasteiger partial charge in [0.15, 0.2) is 0 Å². The molecule has 1 unspecified atom stereocenters. The van der Waals surface area contributed by atoms with Crippen molar-refractivity contribution in [1.82, 2.24) is 4.90 Å². The maximum absolute atomic E-state index is 5.92. The van der Waals surface area contributed by atoms with Crippen molar-refractivity contribution in [2.24, 2.45) is 0 Å². The molecule has 0 aromatic heterocycles. The van der Waals surface area contributed by atoms with Gasteiger partial charge in [-0.1, -0.05) is 0 Å². The van der Waals surface area contributed by atoms with Gasteiger partial charge in [-0.05, 0) is 58.6 Å². The second-order valence-corrected chi connectivity index (χ2v) is 5.00. The molecule has 17 heavy (non-hydrogen) atoms. The number of hydrogen-bond acceptors (Lipinski definition) is 3. The summed E-state index contributed by atoms with van der Waals surface area (Å²) in [5, 5.41) is 0. The fourth-order valence-corrected chi connectivity index (χ4v) is 2.33. The lowest BCUT2D eigenvalue weighted by molar-refractivity contribution is 0.373. The second-order valence-electron chi connectivity index (χ2n) is 5.00. The number of nitrogen functional groups attached to an aromatic ring is 1. The lowest BCUT2D eigenvalue weighted by Crippen LogP contribution is -2.40. The molecule has 2 N–H and O–H groups in total. The Labute approximate surface area is 105 Å². The van der Waals surface area contributed by atoms with Gasteiger partial charge in [-0.25, -0.2) is 0 Å². The molecular weight excluding hydrogens is 210 g/mol. The predicted octanol–water partition coefficient (Wildman–Crippen LogP) is 2.35. The van der Waals surface area contributed by atoms with Crippen LogP contribution in [0.3, 0.4) is 0 Å². The first-order valence-electron chi connectivity index (χ1n) is 6.22. The highest BCUT2D eigenvalue weighted by Gasteiger charge is 2.14. The molecule has 0 aliphatic rings. The lowest BCUT2D eigenvalue weighted by atomic mass is 10.1. The number of anilines is 2. The molecule has 0 saturated carbocycles. The summed E-state index contributed by atoms with van der Waals surface area (Å²) < 4.78 is 0. The van der Waals surface area contributed by atoms with Crippen molar-refractivity contribution in [1.29, 1.82) is 0 Å². The Bertz CT molecular complexity index is 340. The summed E-state index contributed by atoms with van der Waals surface area (Å²) in [6, 6.07) is 6.75. The minimum absolute atomic E-state index is 0.483. The van der Waals surface area contributed by atoms with Gasteiger partial charge in [-0.3, -0.25) is 0 Å². The molecule has 0 fully saturated rings. The third kappa shape index (κ3) is 3.93. The van der Waals surface area contributed by atoms with Crippen molar-refractivity contribution in [2.45, 2.75) is 26.8 Å². The molecule has 0 saturated heterocycles. The van der Waals surface area contributed by atoms with Crippen molar-refractivity contribution in [3.8, 4) is 0 Å². The number of nitrogens with zero attached hydrogens (tertiary/aromatic N) is 2. The quantitative estimate of drug-likeness (QED) is 0.795. The van der Waals surface area contributed by atoms with E-state index in [9.17, 15) is 0 Å². The van der Waals surface area contributed by atoms with E-state index in [1.54, 1.807) is 0 Å². The molecule has 96 valence electrons. The third-order valence-electron chi connectivity index (χ3n) is 2.92. The number of nitrogens with two attached hydrogens (primary N) is 1. The fraction of sp³-hybridized carbons (Fsp3) is 0.571. The Kier molecular flexibility index (Phi) is 4.82. The molecule has 1 rings (SSSR count). The van der Waals surface area contributed by atoms with Crippen LogP contribution in [0.5, 0.6) is 0 Å². The van der Waals surface area contributed by atoms with Gasteiger partial charge in [-0.15, -0.1) is 0 Å². The number of hydrogen-bond donors (Lipinski definition) is 1. The van der Waals surface area contributed by atoms with Crippen molar-refractivity contribution < 1.29 is 0 Å². The average molecular weight is 235 g/mol. The first-order chi connectivity index (χ1) is 7.93. The molecule has 1 aromatic carbocycles. The lowest BCUT2D eigenvalue weighted by Gasteiger charge is -2.32. The van der Waals surface area contributed by atoms with E-state index in [4.69, 9.17) is 5.73 Å². The average Bonchev–Trinajstić information content (AvgIpc) is 2.15. The van der Waals surface area contributed by atoms with E-state index in [2.05, 4.69) is 56.8 Å². The van der Waals surface area contributed by atoms with Gasteiger partial charge < -0.3 is 15.5 Å². The fourth-order valence-electron chi connectivity index (χ4n) is 2.33. The maximum Gasteiger partial charge on any atom is 0.0392 e. The van der Waals surface area contributed by atoms with E-state index in [-0.39, 0.29) is 0 Å². The van der Waals surface area contributed by atoms with Crippen LogP contribution in [0, 0.1) is 6.92 Å². The summed E-state index contributed by atoms with van der Waals surface area (Å²) >= 11 is 0. The van der Waals surface area contributed by atoms with Crippen LogP contribution in [0.4, 0.5) is 11.4 Å². The van der Waals surface area contributed by atoms with Crippen molar-refractivity contribution in [3.63, 3.8) is 0 Å². The van der Waals surface area contributed by atoms with Gasteiger partial charge in [0.2, 0.25) is 0 Å². The minimum Gasteiger partial charge on any atom is -0.399 e. The molecule has 0 spiro atoms. The van der Waals surface area contributed by atoms with Crippen LogP contribution in [-0.4, -0.2) is 38.1 Å². The van der Waals surface area contributed by atoms with Crippen LogP contribution >= 0.6 is 0 Å². The first-order valence-corrected chi connectivity index (χ1v) is 6.22. The second kappa shape index (κ2) is 5.92. The van der Waals surface area contributed by atoms with Crippen LogP contribution in [-0.2, 0) is 0 Å². The summed E-state index contributed by atoms with van der Waals surface area (Å²) in [4.78, 5) is 4.61. The SMILES string of the molecule is CCN(c1cc(C)cc(N)c1)C(C)CN(C)C. The van der Waals surface area contributed by atoms with Gasteiger partial charge in [0.05, 0.1) is 0 Å². The van der Waals surface area contributed by atoms with Crippen molar-refractivity contribution >= 4 is 11.4 Å². The van der Waals surface area contributed by atoms with E-state index >= 15 is 0 Å². The summed E-state index contributed by atoms with van der Waals surface area (Å²) in [6.45, 7) is 8.57. The Morgan fingerprint density at radius 1 is 1.24 bits per heavy atom. The topological polar surface area (TPSA) is 32.5 Å². The summed E-state index contributed by atoms with van der Waals surface area (Å²) in [6.07, 6.45) is 0. The van der Waals surface area contributed by atoms with E-state index in [1.807, 2.05) is 6.07 Å². The predicted molar refractivity (Wildman–Crippen MR) is 76.6 cm³/mol. The molecule has 0 heterocycles. The van der Waals surface area contributed by atoms with Gasteiger partial charge in [0.1, 0.15) is 0 Å². The van der Waals surface area contributed by atoms with Crippen LogP contribution in [0.2, 0.25) is 0 Å². The highest BCUT2D eigenvalue weighted by molar-refractivity contribution is 5.58. The summed E-state index contributed by atoms with van der Waals surface area (Å²) in [5.41, 5.74) is 9.20. The zero-order chi connectivity index (χ0) is 13.0. The molecule has 3 nitrogen and oxygen atoms in total.